The number of methoxy groups -OCH3 is 1. The Kier molecular flexibility index (Phi) is 5.20. The highest BCUT2D eigenvalue weighted by Crippen LogP contribution is 2.27. The van der Waals surface area contributed by atoms with Crippen molar-refractivity contribution in [3.8, 4) is 5.75 Å². The lowest BCUT2D eigenvalue weighted by Gasteiger charge is -2.10. The van der Waals surface area contributed by atoms with E-state index in [1.807, 2.05) is 13.8 Å². The number of hydrogen-bond donors (Lipinski definition) is 1. The topological polar surface area (TPSA) is 72.5 Å². The molecule has 0 aromatic heterocycles. The van der Waals surface area contributed by atoms with E-state index in [1.165, 1.54) is 19.2 Å². The number of halogens is 1. The van der Waals surface area contributed by atoms with Gasteiger partial charge in [0.1, 0.15) is 10.6 Å². The van der Waals surface area contributed by atoms with E-state index in [9.17, 15) is 13.2 Å². The zero-order valence-electron chi connectivity index (χ0n) is 10.9. The molecule has 5 nitrogen and oxygen atoms in total. The fourth-order valence-electron chi connectivity index (χ4n) is 1.58. The van der Waals surface area contributed by atoms with Crippen LogP contribution in [0.15, 0.2) is 23.1 Å². The van der Waals surface area contributed by atoms with E-state index in [0.717, 1.165) is 0 Å². The van der Waals surface area contributed by atoms with Gasteiger partial charge in [0, 0.05) is 16.7 Å². The van der Waals surface area contributed by atoms with Crippen LogP contribution in [0, 0.1) is 0 Å². The van der Waals surface area contributed by atoms with Crippen molar-refractivity contribution in [2.45, 2.75) is 31.2 Å². The van der Waals surface area contributed by atoms with Crippen LogP contribution in [0.1, 0.15) is 19.4 Å². The van der Waals surface area contributed by atoms with E-state index < -0.39 is 9.05 Å². The van der Waals surface area contributed by atoms with E-state index in [0.29, 0.717) is 5.56 Å². The van der Waals surface area contributed by atoms with Crippen LogP contribution >= 0.6 is 10.7 Å². The summed E-state index contributed by atoms with van der Waals surface area (Å²) >= 11 is 0. The molecule has 0 saturated carbocycles. The van der Waals surface area contributed by atoms with Crippen LogP contribution in [-0.2, 0) is 20.3 Å². The van der Waals surface area contributed by atoms with Crippen molar-refractivity contribution >= 4 is 25.6 Å². The Hall–Kier alpha value is -1.27. The van der Waals surface area contributed by atoms with Crippen LogP contribution in [0.4, 0.5) is 0 Å². The van der Waals surface area contributed by atoms with Gasteiger partial charge in [0.2, 0.25) is 5.91 Å². The summed E-state index contributed by atoms with van der Waals surface area (Å²) in [5.74, 6) is -0.0268. The largest absolute Gasteiger partial charge is 0.495 e. The predicted octanol–water partition coefficient (Wildman–Crippen LogP) is 1.69. The van der Waals surface area contributed by atoms with Crippen LogP contribution in [0.5, 0.6) is 5.75 Å². The number of nitrogens with one attached hydrogen (secondary N) is 1. The van der Waals surface area contributed by atoms with Crippen molar-refractivity contribution in [3.63, 3.8) is 0 Å². The highest BCUT2D eigenvalue weighted by Gasteiger charge is 2.18. The number of hydrogen-bond acceptors (Lipinski definition) is 4. The number of carbonyl (C=O) groups is 1. The van der Waals surface area contributed by atoms with Crippen molar-refractivity contribution < 1.29 is 17.9 Å². The lowest BCUT2D eigenvalue weighted by molar-refractivity contribution is -0.120. The Morgan fingerprint density at radius 3 is 2.53 bits per heavy atom. The van der Waals surface area contributed by atoms with E-state index in [4.69, 9.17) is 15.4 Å². The Bertz CT molecular complexity index is 569. The Morgan fingerprint density at radius 2 is 2.05 bits per heavy atom. The number of carbonyl (C=O) groups excluding carboxylic acids is 1. The summed E-state index contributed by atoms with van der Waals surface area (Å²) in [6, 6.07) is 4.49. The predicted molar refractivity (Wildman–Crippen MR) is 73.0 cm³/mol. The molecular weight excluding hydrogens is 290 g/mol. The van der Waals surface area contributed by atoms with Gasteiger partial charge in [-0.1, -0.05) is 6.07 Å². The number of rotatable bonds is 5. The van der Waals surface area contributed by atoms with Crippen LogP contribution in [0.25, 0.3) is 0 Å². The molecule has 106 valence electrons. The highest BCUT2D eigenvalue weighted by molar-refractivity contribution is 8.13. The first-order valence-electron chi connectivity index (χ1n) is 5.65. The summed E-state index contributed by atoms with van der Waals surface area (Å²) in [6.07, 6.45) is 0.0849. The zero-order valence-corrected chi connectivity index (χ0v) is 12.5. The van der Waals surface area contributed by atoms with Crippen LogP contribution < -0.4 is 10.1 Å². The summed E-state index contributed by atoms with van der Waals surface area (Å²) < 4.78 is 27.8. The lowest BCUT2D eigenvalue weighted by Crippen LogP contribution is -2.31. The fourth-order valence-corrected chi connectivity index (χ4v) is 2.63. The van der Waals surface area contributed by atoms with Crippen molar-refractivity contribution in [1.82, 2.24) is 5.32 Å². The molecule has 0 spiro atoms. The summed E-state index contributed by atoms with van der Waals surface area (Å²) in [4.78, 5) is 11.5. The van der Waals surface area contributed by atoms with Gasteiger partial charge < -0.3 is 10.1 Å². The van der Waals surface area contributed by atoms with Gasteiger partial charge in [-0.2, -0.15) is 0 Å². The second-order valence-corrected chi connectivity index (χ2v) is 6.86. The molecule has 0 radical (unpaired) electrons. The van der Waals surface area contributed by atoms with Gasteiger partial charge in [-0.3, -0.25) is 4.79 Å². The first-order valence-corrected chi connectivity index (χ1v) is 7.96. The minimum Gasteiger partial charge on any atom is -0.495 e. The standard InChI is InChI=1S/C12H16ClNO4S/c1-8(2)14-12(15)7-9-4-5-10(18-3)11(6-9)19(13,16)17/h4-6,8H,7H2,1-3H3,(H,14,15). The first kappa shape index (κ1) is 15.8. The van der Waals surface area contributed by atoms with Gasteiger partial charge in [-0.25, -0.2) is 8.42 Å². The Labute approximate surface area is 117 Å². The third-order valence-corrected chi connectivity index (χ3v) is 3.65. The lowest BCUT2D eigenvalue weighted by atomic mass is 10.1. The maximum absolute atomic E-state index is 11.6. The molecule has 0 atom stereocenters. The average Bonchev–Trinajstić information content (AvgIpc) is 2.26. The second-order valence-electron chi connectivity index (χ2n) is 4.32. The SMILES string of the molecule is COc1ccc(CC(=O)NC(C)C)cc1S(=O)(=O)Cl. The molecule has 0 heterocycles. The summed E-state index contributed by atoms with van der Waals surface area (Å²) in [5, 5.41) is 2.73. The minimum atomic E-state index is -3.91. The van der Waals surface area contributed by atoms with Crippen molar-refractivity contribution in [1.29, 1.82) is 0 Å². The maximum Gasteiger partial charge on any atom is 0.264 e. The van der Waals surface area contributed by atoms with E-state index >= 15 is 0 Å². The Morgan fingerprint density at radius 1 is 1.42 bits per heavy atom. The van der Waals surface area contributed by atoms with Crippen molar-refractivity contribution in [3.05, 3.63) is 23.8 Å². The number of benzene rings is 1. The van der Waals surface area contributed by atoms with Gasteiger partial charge in [-0.15, -0.1) is 0 Å². The molecule has 1 aromatic rings. The highest BCUT2D eigenvalue weighted by atomic mass is 35.7. The van der Waals surface area contributed by atoms with Crippen molar-refractivity contribution in [2.24, 2.45) is 0 Å². The van der Waals surface area contributed by atoms with Crippen LogP contribution in [0.3, 0.4) is 0 Å². The zero-order chi connectivity index (χ0) is 14.6. The quantitative estimate of drug-likeness (QED) is 0.840. The molecule has 0 saturated heterocycles. The molecular formula is C12H16ClNO4S. The molecule has 1 amide bonds. The van der Waals surface area contributed by atoms with Crippen molar-refractivity contribution in [2.75, 3.05) is 7.11 Å². The first-order chi connectivity index (χ1) is 8.74. The summed E-state index contributed by atoms with van der Waals surface area (Å²) in [7, 11) is 2.77. The van der Waals surface area contributed by atoms with E-state index in [2.05, 4.69) is 5.32 Å². The van der Waals surface area contributed by atoms with Gasteiger partial charge in [0.15, 0.2) is 0 Å². The smallest absolute Gasteiger partial charge is 0.264 e. The maximum atomic E-state index is 11.6. The molecule has 1 aromatic carbocycles. The van der Waals surface area contributed by atoms with Crippen LogP contribution in [-0.4, -0.2) is 27.5 Å². The molecule has 0 unspecified atom stereocenters. The van der Waals surface area contributed by atoms with Gasteiger partial charge in [0.05, 0.1) is 13.5 Å². The van der Waals surface area contributed by atoms with Gasteiger partial charge >= 0.3 is 0 Å². The molecule has 1 N–H and O–H groups in total. The second kappa shape index (κ2) is 6.25. The third kappa shape index (κ3) is 4.72. The minimum absolute atomic E-state index is 0.0296. The monoisotopic (exact) mass is 305 g/mol. The molecule has 19 heavy (non-hydrogen) atoms. The third-order valence-electron chi connectivity index (χ3n) is 2.31. The molecule has 0 aliphatic rings. The fraction of sp³-hybridized carbons (Fsp3) is 0.417. The van der Waals surface area contributed by atoms with E-state index in [1.54, 1.807) is 6.07 Å². The molecule has 0 aliphatic carbocycles. The number of ether oxygens (including phenoxy) is 1. The number of amides is 1. The van der Waals surface area contributed by atoms with Gasteiger partial charge in [0.25, 0.3) is 9.05 Å². The molecule has 0 bridgehead atoms. The normalized spacial score (nSPS) is 11.4. The molecule has 1 rings (SSSR count). The average molecular weight is 306 g/mol. The van der Waals surface area contributed by atoms with E-state index in [-0.39, 0.29) is 29.0 Å². The van der Waals surface area contributed by atoms with Crippen LogP contribution in [0.2, 0.25) is 0 Å². The summed E-state index contributed by atoms with van der Waals surface area (Å²) in [6.45, 7) is 3.70. The van der Waals surface area contributed by atoms with Gasteiger partial charge in [-0.05, 0) is 31.5 Å². The molecule has 7 heteroatoms. The summed E-state index contributed by atoms with van der Waals surface area (Å²) in [5.41, 5.74) is 0.554. The molecule has 0 fully saturated rings. The Balaban J connectivity index is 3.03. The molecule has 0 aliphatic heterocycles.